The van der Waals surface area contributed by atoms with Crippen LogP contribution in [0.2, 0.25) is 0 Å². The fourth-order valence-electron chi connectivity index (χ4n) is 0.969. The van der Waals surface area contributed by atoms with Gasteiger partial charge in [0.05, 0.1) is 5.54 Å². The van der Waals surface area contributed by atoms with Gasteiger partial charge in [-0.05, 0) is 34.6 Å². The fourth-order valence-corrected chi connectivity index (χ4v) is 0.969. The van der Waals surface area contributed by atoms with Crippen molar-refractivity contribution in [2.45, 2.75) is 45.7 Å². The summed E-state index contributed by atoms with van der Waals surface area (Å²) >= 11 is 0. The number of amidine groups is 1. The first-order chi connectivity index (χ1) is 5.29. The SMILES string of the molecule is CC1(C)COC(NC(C)(C)C)=N1. The third-order valence-corrected chi connectivity index (χ3v) is 1.45. The van der Waals surface area contributed by atoms with Gasteiger partial charge in [-0.1, -0.05) is 0 Å². The molecule has 1 rings (SSSR count). The summed E-state index contributed by atoms with van der Waals surface area (Å²) in [5.74, 6) is 0. The molecule has 0 aromatic heterocycles. The van der Waals surface area contributed by atoms with Crippen LogP contribution in [-0.2, 0) is 4.74 Å². The van der Waals surface area contributed by atoms with Crippen LogP contribution in [0.15, 0.2) is 4.99 Å². The molecule has 3 nitrogen and oxygen atoms in total. The van der Waals surface area contributed by atoms with E-state index in [1.165, 1.54) is 0 Å². The zero-order chi connectivity index (χ0) is 9.41. The lowest BCUT2D eigenvalue weighted by atomic mass is 10.1. The Morgan fingerprint density at radius 3 is 2.33 bits per heavy atom. The topological polar surface area (TPSA) is 33.6 Å². The van der Waals surface area contributed by atoms with Gasteiger partial charge in [-0.2, -0.15) is 0 Å². The molecule has 1 aliphatic heterocycles. The summed E-state index contributed by atoms with van der Waals surface area (Å²) in [6.45, 7) is 11.1. The van der Waals surface area contributed by atoms with Gasteiger partial charge >= 0.3 is 0 Å². The average molecular weight is 170 g/mol. The number of aliphatic imine (C=N–C) groups is 1. The lowest BCUT2D eigenvalue weighted by Gasteiger charge is -2.20. The van der Waals surface area contributed by atoms with Crippen LogP contribution in [0.5, 0.6) is 0 Å². The third-order valence-electron chi connectivity index (χ3n) is 1.45. The first-order valence-electron chi connectivity index (χ1n) is 4.29. The van der Waals surface area contributed by atoms with Gasteiger partial charge < -0.3 is 10.1 Å². The molecule has 0 aromatic carbocycles. The first-order valence-corrected chi connectivity index (χ1v) is 4.29. The van der Waals surface area contributed by atoms with Crippen LogP contribution in [-0.4, -0.2) is 23.7 Å². The van der Waals surface area contributed by atoms with Crippen LogP contribution in [0.4, 0.5) is 0 Å². The third kappa shape index (κ3) is 2.72. The predicted molar refractivity (Wildman–Crippen MR) is 50.4 cm³/mol. The maximum Gasteiger partial charge on any atom is 0.285 e. The molecule has 1 heterocycles. The normalized spacial score (nSPS) is 21.6. The van der Waals surface area contributed by atoms with Gasteiger partial charge in [0.15, 0.2) is 0 Å². The summed E-state index contributed by atoms with van der Waals surface area (Å²) < 4.78 is 5.38. The van der Waals surface area contributed by atoms with E-state index >= 15 is 0 Å². The Morgan fingerprint density at radius 1 is 1.42 bits per heavy atom. The number of hydrogen-bond donors (Lipinski definition) is 1. The van der Waals surface area contributed by atoms with Crippen LogP contribution >= 0.6 is 0 Å². The van der Waals surface area contributed by atoms with Gasteiger partial charge in [0.1, 0.15) is 6.61 Å². The van der Waals surface area contributed by atoms with Crippen molar-refractivity contribution in [2.75, 3.05) is 6.61 Å². The summed E-state index contributed by atoms with van der Waals surface area (Å²) in [5, 5.41) is 3.20. The standard InChI is InChI=1S/C9H18N2O/c1-8(2,3)10-7-11-9(4,5)6-12-7/h6H2,1-5H3,(H,10,11). The smallest absolute Gasteiger partial charge is 0.285 e. The second kappa shape index (κ2) is 2.64. The molecule has 0 bridgehead atoms. The molecule has 0 aromatic rings. The van der Waals surface area contributed by atoms with E-state index < -0.39 is 0 Å². The molecule has 0 spiro atoms. The highest BCUT2D eigenvalue weighted by atomic mass is 16.5. The highest BCUT2D eigenvalue weighted by Gasteiger charge is 2.28. The van der Waals surface area contributed by atoms with E-state index in [4.69, 9.17) is 4.74 Å². The fraction of sp³-hybridized carbons (Fsp3) is 0.889. The molecule has 1 N–H and O–H groups in total. The van der Waals surface area contributed by atoms with Gasteiger partial charge in [-0.15, -0.1) is 0 Å². The zero-order valence-corrected chi connectivity index (χ0v) is 8.56. The molecule has 70 valence electrons. The monoisotopic (exact) mass is 170 g/mol. The summed E-state index contributed by atoms with van der Waals surface area (Å²) in [4.78, 5) is 4.39. The number of nitrogens with zero attached hydrogens (tertiary/aromatic N) is 1. The Labute approximate surface area is 74.2 Å². The van der Waals surface area contributed by atoms with Crippen molar-refractivity contribution in [1.82, 2.24) is 5.32 Å². The van der Waals surface area contributed by atoms with E-state index in [-0.39, 0.29) is 11.1 Å². The predicted octanol–water partition coefficient (Wildman–Crippen LogP) is 1.54. The van der Waals surface area contributed by atoms with Crippen LogP contribution in [0.1, 0.15) is 34.6 Å². The van der Waals surface area contributed by atoms with Crippen LogP contribution in [0.3, 0.4) is 0 Å². The molecule has 0 fully saturated rings. The second-order valence-corrected chi connectivity index (χ2v) is 4.89. The van der Waals surface area contributed by atoms with E-state index in [9.17, 15) is 0 Å². The van der Waals surface area contributed by atoms with Gasteiger partial charge in [0, 0.05) is 5.54 Å². The Bertz CT molecular complexity index is 201. The largest absolute Gasteiger partial charge is 0.463 e. The first kappa shape index (κ1) is 9.36. The van der Waals surface area contributed by atoms with Gasteiger partial charge in [0.25, 0.3) is 6.02 Å². The molecule has 1 aliphatic rings. The molecular weight excluding hydrogens is 152 g/mol. The van der Waals surface area contributed by atoms with Gasteiger partial charge in [-0.25, -0.2) is 4.99 Å². The Kier molecular flexibility index (Phi) is 2.06. The Hall–Kier alpha value is -0.730. The van der Waals surface area contributed by atoms with E-state index in [0.717, 1.165) is 0 Å². The molecule has 0 aliphatic carbocycles. The summed E-state index contributed by atoms with van der Waals surface area (Å²) in [7, 11) is 0. The number of nitrogens with one attached hydrogen (secondary N) is 1. The maximum absolute atomic E-state index is 5.38. The Morgan fingerprint density at radius 2 is 2.00 bits per heavy atom. The lowest BCUT2D eigenvalue weighted by molar-refractivity contribution is 0.262. The van der Waals surface area contributed by atoms with Gasteiger partial charge in [0.2, 0.25) is 0 Å². The van der Waals surface area contributed by atoms with Crippen molar-refractivity contribution in [3.63, 3.8) is 0 Å². The van der Waals surface area contributed by atoms with Crippen LogP contribution in [0, 0.1) is 0 Å². The maximum atomic E-state index is 5.38. The van der Waals surface area contributed by atoms with Crippen LogP contribution < -0.4 is 5.32 Å². The van der Waals surface area contributed by atoms with Crippen molar-refractivity contribution in [1.29, 1.82) is 0 Å². The number of hydrogen-bond acceptors (Lipinski definition) is 3. The molecule has 0 saturated heterocycles. The highest BCUT2D eigenvalue weighted by Crippen LogP contribution is 2.16. The van der Waals surface area contributed by atoms with E-state index in [0.29, 0.717) is 12.6 Å². The summed E-state index contributed by atoms with van der Waals surface area (Å²) in [5.41, 5.74) is -0.0349. The molecule has 12 heavy (non-hydrogen) atoms. The van der Waals surface area contributed by atoms with Crippen LogP contribution in [0.25, 0.3) is 0 Å². The number of rotatable bonds is 0. The highest BCUT2D eigenvalue weighted by molar-refractivity contribution is 5.76. The molecule has 0 atom stereocenters. The molecule has 3 heteroatoms. The van der Waals surface area contributed by atoms with E-state index in [2.05, 4.69) is 44.9 Å². The number of ether oxygens (including phenoxy) is 1. The van der Waals surface area contributed by atoms with Crippen molar-refractivity contribution in [2.24, 2.45) is 4.99 Å². The van der Waals surface area contributed by atoms with Crippen molar-refractivity contribution in [3.8, 4) is 0 Å². The summed E-state index contributed by atoms with van der Waals surface area (Å²) in [6.07, 6.45) is 0. The molecular formula is C9H18N2O. The zero-order valence-electron chi connectivity index (χ0n) is 8.56. The minimum absolute atomic E-state index is 0.0270. The minimum Gasteiger partial charge on any atom is -0.463 e. The average Bonchev–Trinajstić information content (AvgIpc) is 2.05. The minimum atomic E-state index is -0.0619. The Balaban J connectivity index is 2.57. The molecule has 0 radical (unpaired) electrons. The van der Waals surface area contributed by atoms with E-state index in [1.54, 1.807) is 0 Å². The molecule has 0 unspecified atom stereocenters. The van der Waals surface area contributed by atoms with Crippen molar-refractivity contribution in [3.05, 3.63) is 0 Å². The summed E-state index contributed by atoms with van der Waals surface area (Å²) in [6, 6.07) is 0.674. The lowest BCUT2D eigenvalue weighted by Crippen LogP contribution is -2.40. The quantitative estimate of drug-likeness (QED) is 0.598. The second-order valence-electron chi connectivity index (χ2n) is 4.89. The van der Waals surface area contributed by atoms with E-state index in [1.807, 2.05) is 0 Å². The van der Waals surface area contributed by atoms with Crippen molar-refractivity contribution >= 4 is 6.02 Å². The van der Waals surface area contributed by atoms with Crippen molar-refractivity contribution < 1.29 is 4.74 Å². The molecule has 0 amide bonds. The van der Waals surface area contributed by atoms with Gasteiger partial charge in [-0.3, -0.25) is 0 Å². The molecule has 0 saturated carbocycles.